The molecule has 0 amide bonds. The van der Waals surface area contributed by atoms with Crippen LogP contribution in [0, 0.1) is 0 Å². The highest BCUT2D eigenvalue weighted by atomic mass is 16.7. The van der Waals surface area contributed by atoms with E-state index < -0.39 is 0 Å². The molecule has 0 N–H and O–H groups in total. The van der Waals surface area contributed by atoms with E-state index in [1.165, 1.54) is 12.0 Å². The molecule has 0 radical (unpaired) electrons. The molecular weight excluding hydrogens is 134 g/mol. The number of nitrogens with zero attached hydrogens (tertiary/aromatic N) is 1. The van der Waals surface area contributed by atoms with Crippen LogP contribution in [0.4, 0.5) is 0 Å². The van der Waals surface area contributed by atoms with Crippen LogP contribution in [0.2, 0.25) is 0 Å². The van der Waals surface area contributed by atoms with Crippen LogP contribution < -0.4 is 0 Å². The molecule has 0 aromatic heterocycles. The maximum atomic E-state index is 10.4. The fourth-order valence-electron chi connectivity index (χ4n) is 0.828. The third-order valence-electron chi connectivity index (χ3n) is 1.19. The van der Waals surface area contributed by atoms with Crippen LogP contribution in [0.1, 0.15) is 13.3 Å². The summed E-state index contributed by atoms with van der Waals surface area (Å²) in [5.41, 5.74) is 0. The van der Waals surface area contributed by atoms with Crippen LogP contribution in [0.25, 0.3) is 0 Å². The third-order valence-corrected chi connectivity index (χ3v) is 1.19. The Morgan fingerprint density at radius 1 is 1.70 bits per heavy atom. The van der Waals surface area contributed by atoms with Crippen molar-refractivity contribution in [1.29, 1.82) is 0 Å². The first-order valence-electron chi connectivity index (χ1n) is 3.30. The molecule has 0 aromatic carbocycles. The van der Waals surface area contributed by atoms with Gasteiger partial charge >= 0.3 is 5.97 Å². The minimum atomic E-state index is -0.287. The van der Waals surface area contributed by atoms with Crippen LogP contribution in [0.5, 0.6) is 0 Å². The number of ether oxygens (including phenoxy) is 1. The smallest absolute Gasteiger partial charge is 0.322 e. The highest BCUT2D eigenvalue weighted by Crippen LogP contribution is 2.00. The Kier molecular flexibility index (Phi) is 2.65. The molecule has 0 saturated carbocycles. The van der Waals surface area contributed by atoms with Gasteiger partial charge in [0.1, 0.15) is 6.73 Å². The molecule has 1 aliphatic heterocycles. The van der Waals surface area contributed by atoms with Gasteiger partial charge in [0.25, 0.3) is 0 Å². The van der Waals surface area contributed by atoms with E-state index in [0.717, 1.165) is 19.6 Å². The molecule has 1 saturated heterocycles. The number of rotatable bonds is 1. The molecule has 1 heterocycles. The van der Waals surface area contributed by atoms with Gasteiger partial charge < -0.3 is 9.57 Å². The highest BCUT2D eigenvalue weighted by Gasteiger charge is 2.12. The summed E-state index contributed by atoms with van der Waals surface area (Å²) in [4.78, 5) is 15.2. The molecule has 4 nitrogen and oxygen atoms in total. The van der Waals surface area contributed by atoms with E-state index in [-0.39, 0.29) is 5.97 Å². The zero-order chi connectivity index (χ0) is 7.40. The summed E-state index contributed by atoms with van der Waals surface area (Å²) in [6.07, 6.45) is 0.924. The lowest BCUT2D eigenvalue weighted by Gasteiger charge is -2.23. The first kappa shape index (κ1) is 7.50. The summed E-state index contributed by atoms with van der Waals surface area (Å²) in [6, 6.07) is 0. The topological polar surface area (TPSA) is 38.8 Å². The lowest BCUT2D eigenvalue weighted by molar-refractivity contribution is -0.224. The molecule has 0 spiro atoms. The van der Waals surface area contributed by atoms with Gasteiger partial charge in [-0.3, -0.25) is 4.79 Å². The monoisotopic (exact) mass is 145 g/mol. The first-order chi connectivity index (χ1) is 4.79. The molecule has 0 aromatic rings. The number of hydrogen-bond donors (Lipinski definition) is 0. The fraction of sp³-hybridized carbons (Fsp3) is 0.833. The molecule has 0 bridgehead atoms. The normalized spacial score (nSPS) is 20.5. The van der Waals surface area contributed by atoms with Crippen molar-refractivity contribution in [2.45, 2.75) is 13.3 Å². The number of hydroxylamine groups is 2. The van der Waals surface area contributed by atoms with E-state index in [2.05, 4.69) is 0 Å². The lowest BCUT2D eigenvalue weighted by atomic mass is 10.4. The van der Waals surface area contributed by atoms with Crippen LogP contribution in [0.3, 0.4) is 0 Å². The Morgan fingerprint density at radius 2 is 2.50 bits per heavy atom. The predicted molar refractivity (Wildman–Crippen MR) is 33.9 cm³/mol. The van der Waals surface area contributed by atoms with Crippen LogP contribution >= 0.6 is 0 Å². The Morgan fingerprint density at radius 3 is 3.00 bits per heavy atom. The summed E-state index contributed by atoms with van der Waals surface area (Å²) < 4.78 is 5.03. The van der Waals surface area contributed by atoms with E-state index in [4.69, 9.17) is 9.57 Å². The quantitative estimate of drug-likeness (QED) is 0.526. The second-order valence-corrected chi connectivity index (χ2v) is 2.18. The van der Waals surface area contributed by atoms with E-state index >= 15 is 0 Å². The van der Waals surface area contributed by atoms with E-state index in [1.807, 2.05) is 0 Å². The molecule has 0 atom stereocenters. The standard InChI is InChI=1S/C6H11NO3/c1-6(8)10-7-3-2-4-9-5-7/h2-5H2,1H3. The molecule has 1 rings (SSSR count). The highest BCUT2D eigenvalue weighted by molar-refractivity contribution is 5.65. The zero-order valence-corrected chi connectivity index (χ0v) is 6.00. The summed E-state index contributed by atoms with van der Waals surface area (Å²) in [5.74, 6) is -0.287. The predicted octanol–water partition coefficient (Wildman–Crippen LogP) is 0.144. The maximum Gasteiger partial charge on any atom is 0.322 e. The van der Waals surface area contributed by atoms with E-state index in [9.17, 15) is 4.79 Å². The van der Waals surface area contributed by atoms with Crippen molar-refractivity contribution in [3.63, 3.8) is 0 Å². The van der Waals surface area contributed by atoms with Gasteiger partial charge in [-0.2, -0.15) is 0 Å². The third kappa shape index (κ3) is 2.33. The average Bonchev–Trinajstić information content (AvgIpc) is 1.88. The van der Waals surface area contributed by atoms with E-state index in [1.54, 1.807) is 0 Å². The number of carbonyl (C=O) groups excluding carboxylic acids is 1. The summed E-state index contributed by atoms with van der Waals surface area (Å²) in [6.45, 7) is 3.32. The molecule has 0 unspecified atom stereocenters. The first-order valence-corrected chi connectivity index (χ1v) is 3.30. The van der Waals surface area contributed by atoms with Crippen molar-refractivity contribution in [2.75, 3.05) is 19.9 Å². The van der Waals surface area contributed by atoms with Crippen molar-refractivity contribution in [1.82, 2.24) is 5.06 Å². The van der Waals surface area contributed by atoms with Gasteiger partial charge in [-0.15, -0.1) is 5.06 Å². The Bertz CT molecular complexity index is 120. The minimum Gasteiger partial charge on any atom is -0.366 e. The maximum absolute atomic E-state index is 10.4. The number of hydrogen-bond acceptors (Lipinski definition) is 4. The van der Waals surface area contributed by atoms with Gasteiger partial charge in [-0.25, -0.2) is 0 Å². The van der Waals surface area contributed by atoms with Crippen LogP contribution in [0.15, 0.2) is 0 Å². The van der Waals surface area contributed by atoms with Crippen molar-refractivity contribution in [3.8, 4) is 0 Å². The number of carbonyl (C=O) groups is 1. The van der Waals surface area contributed by atoms with Crippen molar-refractivity contribution in [2.24, 2.45) is 0 Å². The lowest BCUT2D eigenvalue weighted by Crippen LogP contribution is -2.34. The molecular formula is C6H11NO3. The fourth-order valence-corrected chi connectivity index (χ4v) is 0.828. The van der Waals surface area contributed by atoms with Crippen LogP contribution in [-0.4, -0.2) is 30.9 Å². The van der Waals surface area contributed by atoms with Crippen LogP contribution in [-0.2, 0) is 14.4 Å². The summed E-state index contributed by atoms with van der Waals surface area (Å²) in [7, 11) is 0. The molecule has 58 valence electrons. The largest absolute Gasteiger partial charge is 0.366 e. The molecule has 4 heteroatoms. The summed E-state index contributed by atoms with van der Waals surface area (Å²) in [5, 5.41) is 1.52. The molecule has 1 fully saturated rings. The van der Waals surface area contributed by atoms with Gasteiger partial charge in [0.2, 0.25) is 0 Å². The Labute approximate surface area is 59.7 Å². The second kappa shape index (κ2) is 3.53. The van der Waals surface area contributed by atoms with E-state index in [0.29, 0.717) is 6.73 Å². The molecule has 10 heavy (non-hydrogen) atoms. The van der Waals surface area contributed by atoms with Gasteiger partial charge in [0.05, 0.1) is 0 Å². The Balaban J connectivity index is 2.19. The average molecular weight is 145 g/mol. The van der Waals surface area contributed by atoms with Gasteiger partial charge in [0, 0.05) is 20.1 Å². The molecule has 0 aliphatic carbocycles. The van der Waals surface area contributed by atoms with Gasteiger partial charge in [0.15, 0.2) is 0 Å². The molecule has 1 aliphatic rings. The van der Waals surface area contributed by atoms with Crippen molar-refractivity contribution in [3.05, 3.63) is 0 Å². The minimum absolute atomic E-state index is 0.287. The zero-order valence-electron chi connectivity index (χ0n) is 6.00. The van der Waals surface area contributed by atoms with Crippen molar-refractivity contribution < 1.29 is 14.4 Å². The Hall–Kier alpha value is -0.610. The second-order valence-electron chi connectivity index (χ2n) is 2.18. The SMILES string of the molecule is CC(=O)ON1CCCOC1. The van der Waals surface area contributed by atoms with Crippen molar-refractivity contribution >= 4 is 5.97 Å². The summed E-state index contributed by atoms with van der Waals surface area (Å²) >= 11 is 0. The van der Waals surface area contributed by atoms with Gasteiger partial charge in [-0.1, -0.05) is 0 Å². The van der Waals surface area contributed by atoms with Gasteiger partial charge in [-0.05, 0) is 6.42 Å².